The lowest BCUT2D eigenvalue weighted by Crippen LogP contribution is -2.15. The zero-order chi connectivity index (χ0) is 19.7. The first-order chi connectivity index (χ1) is 13.5. The van der Waals surface area contributed by atoms with Crippen LogP contribution < -0.4 is 5.32 Å². The van der Waals surface area contributed by atoms with Crippen molar-refractivity contribution < 1.29 is 14.0 Å². The molecule has 4 aromatic rings. The first-order valence-corrected chi connectivity index (χ1v) is 9.52. The quantitative estimate of drug-likeness (QED) is 0.402. The number of aryl methyl sites for hydroxylation is 1. The minimum atomic E-state index is -0.288. The molecule has 1 heterocycles. The van der Waals surface area contributed by atoms with Gasteiger partial charge in [0, 0.05) is 21.0 Å². The molecule has 4 nitrogen and oxygen atoms in total. The standard InChI is InChI=1S/C23H16BrNO3/c1-14-6-2-3-7-17(14)23(27)25-20-18-8-4-5-9-19(18)28-22(20)21(26)15-10-12-16(24)13-11-15/h2-13H,1H3,(H,25,27). The molecule has 0 saturated carbocycles. The van der Waals surface area contributed by atoms with Crippen molar-refractivity contribution in [2.45, 2.75) is 6.92 Å². The van der Waals surface area contributed by atoms with Crippen molar-refractivity contribution in [3.05, 3.63) is 99.7 Å². The maximum atomic E-state index is 13.1. The number of furan rings is 1. The number of rotatable bonds is 4. The predicted molar refractivity (Wildman–Crippen MR) is 113 cm³/mol. The number of halogens is 1. The van der Waals surface area contributed by atoms with E-state index in [1.807, 2.05) is 43.3 Å². The third-order valence-corrected chi connectivity index (χ3v) is 5.07. The van der Waals surface area contributed by atoms with Gasteiger partial charge in [0.05, 0.1) is 5.69 Å². The molecule has 0 unspecified atom stereocenters. The predicted octanol–water partition coefficient (Wildman–Crippen LogP) is 5.99. The maximum Gasteiger partial charge on any atom is 0.256 e. The SMILES string of the molecule is Cc1ccccc1C(=O)Nc1c(C(=O)c2ccc(Br)cc2)oc2ccccc12. The number of benzene rings is 3. The topological polar surface area (TPSA) is 59.3 Å². The van der Waals surface area contributed by atoms with E-state index in [2.05, 4.69) is 21.2 Å². The fraction of sp³-hybridized carbons (Fsp3) is 0.0435. The minimum Gasteiger partial charge on any atom is -0.450 e. The van der Waals surface area contributed by atoms with E-state index in [4.69, 9.17) is 4.42 Å². The van der Waals surface area contributed by atoms with Crippen LogP contribution in [0, 0.1) is 6.92 Å². The summed E-state index contributed by atoms with van der Waals surface area (Å²) in [6, 6.07) is 21.6. The van der Waals surface area contributed by atoms with Crippen molar-refractivity contribution in [3.63, 3.8) is 0 Å². The number of anilines is 1. The number of carbonyl (C=O) groups is 2. The number of hydrogen-bond donors (Lipinski definition) is 1. The minimum absolute atomic E-state index is 0.116. The molecule has 3 aromatic carbocycles. The lowest BCUT2D eigenvalue weighted by atomic mass is 10.1. The highest BCUT2D eigenvalue weighted by atomic mass is 79.9. The molecule has 1 aromatic heterocycles. The highest BCUT2D eigenvalue weighted by Gasteiger charge is 2.24. The smallest absolute Gasteiger partial charge is 0.256 e. The number of para-hydroxylation sites is 1. The summed E-state index contributed by atoms with van der Waals surface area (Å²) in [5, 5.41) is 3.58. The van der Waals surface area contributed by atoms with Crippen LogP contribution in [-0.4, -0.2) is 11.7 Å². The summed E-state index contributed by atoms with van der Waals surface area (Å²) in [5.41, 5.74) is 2.82. The van der Waals surface area contributed by atoms with E-state index in [1.54, 1.807) is 36.4 Å². The Morgan fingerprint density at radius 1 is 0.893 bits per heavy atom. The Kier molecular flexibility index (Phi) is 4.84. The molecular formula is C23H16BrNO3. The van der Waals surface area contributed by atoms with Crippen LogP contribution in [0.25, 0.3) is 11.0 Å². The van der Waals surface area contributed by atoms with Gasteiger partial charge in [-0.1, -0.05) is 46.3 Å². The number of ketones is 1. The van der Waals surface area contributed by atoms with Crippen molar-refractivity contribution >= 4 is 44.3 Å². The zero-order valence-corrected chi connectivity index (χ0v) is 16.6. The normalized spacial score (nSPS) is 10.8. The van der Waals surface area contributed by atoms with Crippen molar-refractivity contribution in [1.82, 2.24) is 0 Å². The molecule has 0 spiro atoms. The van der Waals surface area contributed by atoms with Gasteiger partial charge < -0.3 is 9.73 Å². The number of hydrogen-bond acceptors (Lipinski definition) is 3. The van der Waals surface area contributed by atoms with Crippen LogP contribution in [0.4, 0.5) is 5.69 Å². The molecular weight excluding hydrogens is 418 g/mol. The van der Waals surface area contributed by atoms with E-state index in [0.29, 0.717) is 27.8 Å². The van der Waals surface area contributed by atoms with Gasteiger partial charge in [0.25, 0.3) is 5.91 Å². The summed E-state index contributed by atoms with van der Waals surface area (Å²) in [6.45, 7) is 1.87. The first-order valence-electron chi connectivity index (χ1n) is 8.73. The van der Waals surface area contributed by atoms with E-state index >= 15 is 0 Å². The number of amides is 1. The van der Waals surface area contributed by atoms with Crippen molar-refractivity contribution in [2.75, 3.05) is 5.32 Å². The number of carbonyl (C=O) groups excluding carboxylic acids is 2. The molecule has 28 heavy (non-hydrogen) atoms. The molecule has 0 bridgehead atoms. The fourth-order valence-corrected chi connectivity index (χ4v) is 3.33. The van der Waals surface area contributed by atoms with Crippen LogP contribution >= 0.6 is 15.9 Å². The van der Waals surface area contributed by atoms with E-state index < -0.39 is 0 Å². The second kappa shape index (κ2) is 7.44. The van der Waals surface area contributed by atoms with E-state index in [-0.39, 0.29) is 17.5 Å². The van der Waals surface area contributed by atoms with Crippen molar-refractivity contribution in [3.8, 4) is 0 Å². The highest BCUT2D eigenvalue weighted by Crippen LogP contribution is 2.33. The Labute approximate surface area is 170 Å². The molecule has 0 fully saturated rings. The molecule has 5 heteroatoms. The molecule has 0 saturated heterocycles. The monoisotopic (exact) mass is 433 g/mol. The highest BCUT2D eigenvalue weighted by molar-refractivity contribution is 9.10. The van der Waals surface area contributed by atoms with Crippen LogP contribution in [0.3, 0.4) is 0 Å². The maximum absolute atomic E-state index is 13.1. The Hall–Kier alpha value is -3.18. The summed E-state index contributed by atoms with van der Waals surface area (Å²) >= 11 is 3.37. The summed E-state index contributed by atoms with van der Waals surface area (Å²) in [5.74, 6) is -0.455. The summed E-state index contributed by atoms with van der Waals surface area (Å²) in [6.07, 6.45) is 0. The first kappa shape index (κ1) is 18.2. The molecule has 1 amide bonds. The Balaban J connectivity index is 1.79. The van der Waals surface area contributed by atoms with Crippen LogP contribution in [-0.2, 0) is 0 Å². The number of fused-ring (bicyclic) bond motifs is 1. The van der Waals surface area contributed by atoms with Gasteiger partial charge in [0.1, 0.15) is 5.58 Å². The van der Waals surface area contributed by atoms with Gasteiger partial charge in [-0.25, -0.2) is 0 Å². The second-order valence-electron chi connectivity index (χ2n) is 6.41. The Morgan fingerprint density at radius 3 is 2.32 bits per heavy atom. The van der Waals surface area contributed by atoms with Gasteiger partial charge in [-0.05, 0) is 55.0 Å². The van der Waals surface area contributed by atoms with E-state index in [9.17, 15) is 9.59 Å². The lowest BCUT2D eigenvalue weighted by Gasteiger charge is -2.08. The van der Waals surface area contributed by atoms with Gasteiger partial charge in [0.15, 0.2) is 5.76 Å². The zero-order valence-electron chi connectivity index (χ0n) is 15.0. The van der Waals surface area contributed by atoms with Crippen LogP contribution in [0.1, 0.15) is 32.0 Å². The lowest BCUT2D eigenvalue weighted by molar-refractivity contribution is 0.101. The Bertz CT molecular complexity index is 1190. The molecule has 138 valence electrons. The molecule has 0 radical (unpaired) electrons. The van der Waals surface area contributed by atoms with E-state index in [0.717, 1.165) is 10.0 Å². The van der Waals surface area contributed by atoms with Gasteiger partial charge in [0.2, 0.25) is 5.78 Å². The summed E-state index contributed by atoms with van der Waals surface area (Å²) in [4.78, 5) is 25.9. The van der Waals surface area contributed by atoms with Gasteiger partial charge in [-0.3, -0.25) is 9.59 Å². The van der Waals surface area contributed by atoms with Crippen LogP contribution in [0.2, 0.25) is 0 Å². The van der Waals surface area contributed by atoms with Gasteiger partial charge >= 0.3 is 0 Å². The van der Waals surface area contributed by atoms with Crippen LogP contribution in [0.5, 0.6) is 0 Å². The van der Waals surface area contributed by atoms with E-state index in [1.165, 1.54) is 0 Å². The average molecular weight is 434 g/mol. The molecule has 0 aliphatic rings. The summed E-state index contributed by atoms with van der Waals surface area (Å²) < 4.78 is 6.71. The van der Waals surface area contributed by atoms with Crippen molar-refractivity contribution in [2.24, 2.45) is 0 Å². The Morgan fingerprint density at radius 2 is 1.57 bits per heavy atom. The third-order valence-electron chi connectivity index (χ3n) is 4.54. The molecule has 1 N–H and O–H groups in total. The fourth-order valence-electron chi connectivity index (χ4n) is 3.07. The molecule has 0 atom stereocenters. The van der Waals surface area contributed by atoms with Gasteiger partial charge in [-0.15, -0.1) is 0 Å². The van der Waals surface area contributed by atoms with Crippen molar-refractivity contribution in [1.29, 1.82) is 0 Å². The van der Waals surface area contributed by atoms with Gasteiger partial charge in [-0.2, -0.15) is 0 Å². The summed E-state index contributed by atoms with van der Waals surface area (Å²) in [7, 11) is 0. The average Bonchev–Trinajstić information content (AvgIpc) is 3.07. The largest absolute Gasteiger partial charge is 0.450 e. The molecule has 4 rings (SSSR count). The van der Waals surface area contributed by atoms with Crippen LogP contribution in [0.15, 0.2) is 81.7 Å². The molecule has 0 aliphatic heterocycles. The molecule has 0 aliphatic carbocycles. The number of nitrogens with one attached hydrogen (secondary N) is 1. The second-order valence-corrected chi connectivity index (χ2v) is 7.32. The third kappa shape index (κ3) is 3.37.